The number of rotatable bonds is 6. The van der Waals surface area contributed by atoms with Crippen molar-refractivity contribution in [2.45, 2.75) is 33.1 Å². The van der Waals surface area contributed by atoms with Gasteiger partial charge in [-0.15, -0.1) is 10.2 Å². The number of carbonyl (C=O) groups is 1. The molecule has 4 nitrogen and oxygen atoms in total. The summed E-state index contributed by atoms with van der Waals surface area (Å²) in [6.07, 6.45) is 2.59. The maximum Gasteiger partial charge on any atom is 0.233 e. The molecular weight excluding hydrogens is 204 g/mol. The first-order chi connectivity index (χ1) is 7.71. The number of hydrogen-bond acceptors (Lipinski definition) is 4. The van der Waals surface area contributed by atoms with Crippen molar-refractivity contribution in [3.63, 3.8) is 0 Å². The maximum absolute atomic E-state index is 11.8. The molecule has 0 aromatic carbocycles. The summed E-state index contributed by atoms with van der Waals surface area (Å²) in [4.78, 5) is 11.8. The van der Waals surface area contributed by atoms with Crippen LogP contribution in [-0.2, 0) is 0 Å². The van der Waals surface area contributed by atoms with Crippen LogP contribution in [0, 0.1) is 5.92 Å². The van der Waals surface area contributed by atoms with Gasteiger partial charge in [0.2, 0.25) is 5.88 Å². The van der Waals surface area contributed by atoms with E-state index in [9.17, 15) is 4.79 Å². The van der Waals surface area contributed by atoms with Gasteiger partial charge in [0.25, 0.3) is 0 Å². The third-order valence-electron chi connectivity index (χ3n) is 2.76. The van der Waals surface area contributed by atoms with Crippen molar-refractivity contribution >= 4 is 5.78 Å². The van der Waals surface area contributed by atoms with Gasteiger partial charge < -0.3 is 4.74 Å². The molecule has 0 radical (unpaired) electrons. The monoisotopic (exact) mass is 222 g/mol. The summed E-state index contributed by atoms with van der Waals surface area (Å²) in [5.74, 6) is 0.930. The quantitative estimate of drug-likeness (QED) is 0.694. The first kappa shape index (κ1) is 12.6. The Morgan fingerprint density at radius 2 is 2.00 bits per heavy atom. The smallest absolute Gasteiger partial charge is 0.233 e. The summed E-state index contributed by atoms with van der Waals surface area (Å²) in [5, 5.41) is 7.63. The maximum atomic E-state index is 11.8. The van der Waals surface area contributed by atoms with Crippen molar-refractivity contribution < 1.29 is 9.53 Å². The average Bonchev–Trinajstić information content (AvgIpc) is 2.35. The molecule has 0 aliphatic carbocycles. The molecule has 0 spiro atoms. The summed E-state index contributed by atoms with van der Waals surface area (Å²) in [6, 6.07) is 3.32. The molecule has 0 fully saturated rings. The normalized spacial score (nSPS) is 10.5. The fraction of sp³-hybridized carbons (Fsp3) is 0.583. The molecule has 0 saturated heterocycles. The first-order valence-electron chi connectivity index (χ1n) is 5.62. The zero-order valence-corrected chi connectivity index (χ0v) is 10.1. The molecule has 1 aromatic rings. The summed E-state index contributed by atoms with van der Waals surface area (Å²) in [6.45, 7) is 4.20. The third-order valence-corrected chi connectivity index (χ3v) is 2.76. The van der Waals surface area contributed by atoms with Crippen LogP contribution in [0.3, 0.4) is 0 Å². The number of ether oxygens (including phenoxy) is 1. The Bertz CT molecular complexity index is 331. The molecule has 0 bridgehead atoms. The molecule has 0 aliphatic rings. The molecule has 4 heteroatoms. The van der Waals surface area contributed by atoms with Gasteiger partial charge in [0.05, 0.1) is 7.11 Å². The minimum Gasteiger partial charge on any atom is -0.480 e. The predicted octanol–water partition coefficient (Wildman–Crippen LogP) is 2.49. The van der Waals surface area contributed by atoms with E-state index in [0.29, 0.717) is 23.9 Å². The highest BCUT2D eigenvalue weighted by molar-refractivity contribution is 5.94. The van der Waals surface area contributed by atoms with Gasteiger partial charge in [-0.3, -0.25) is 4.79 Å². The van der Waals surface area contributed by atoms with Crippen LogP contribution in [0.5, 0.6) is 5.88 Å². The van der Waals surface area contributed by atoms with Gasteiger partial charge in [0, 0.05) is 12.5 Å². The number of methoxy groups -OCH3 is 1. The largest absolute Gasteiger partial charge is 0.480 e. The number of hydrogen-bond donors (Lipinski definition) is 0. The molecule has 0 aliphatic heterocycles. The van der Waals surface area contributed by atoms with E-state index in [-0.39, 0.29) is 5.78 Å². The number of carbonyl (C=O) groups excluding carboxylic acids is 1. The van der Waals surface area contributed by atoms with Crippen molar-refractivity contribution in [2.24, 2.45) is 5.92 Å². The van der Waals surface area contributed by atoms with E-state index in [1.165, 1.54) is 7.11 Å². The lowest BCUT2D eigenvalue weighted by Crippen LogP contribution is -2.10. The van der Waals surface area contributed by atoms with Gasteiger partial charge in [-0.25, -0.2) is 0 Å². The molecule has 1 aromatic heterocycles. The molecule has 0 N–H and O–H groups in total. The molecular formula is C12H18N2O2. The lowest BCUT2D eigenvalue weighted by molar-refractivity contribution is 0.0952. The molecule has 0 unspecified atom stereocenters. The average molecular weight is 222 g/mol. The second-order valence-corrected chi connectivity index (χ2v) is 3.77. The fourth-order valence-electron chi connectivity index (χ4n) is 1.52. The Balaban J connectivity index is 2.65. The molecule has 0 saturated carbocycles. The van der Waals surface area contributed by atoms with Crippen LogP contribution in [0.2, 0.25) is 0 Å². The minimum absolute atomic E-state index is 0.0591. The first-order valence-corrected chi connectivity index (χ1v) is 5.62. The second-order valence-electron chi connectivity index (χ2n) is 3.77. The standard InChI is InChI=1S/C12H18N2O2/c1-4-9(5-2)8-11(15)10-6-7-12(16-3)14-13-10/h6-7,9H,4-5,8H2,1-3H3. The number of nitrogens with zero attached hydrogens (tertiary/aromatic N) is 2. The Labute approximate surface area is 96.0 Å². The van der Waals surface area contributed by atoms with Gasteiger partial charge in [0.1, 0.15) is 5.69 Å². The highest BCUT2D eigenvalue weighted by Gasteiger charge is 2.13. The van der Waals surface area contributed by atoms with E-state index in [2.05, 4.69) is 24.0 Å². The predicted molar refractivity (Wildman–Crippen MR) is 61.6 cm³/mol. The van der Waals surface area contributed by atoms with Crippen LogP contribution >= 0.6 is 0 Å². The van der Waals surface area contributed by atoms with Gasteiger partial charge in [-0.1, -0.05) is 26.7 Å². The lowest BCUT2D eigenvalue weighted by Gasteiger charge is -2.10. The molecule has 0 atom stereocenters. The minimum atomic E-state index is 0.0591. The molecule has 0 amide bonds. The molecule has 88 valence electrons. The summed E-state index contributed by atoms with van der Waals surface area (Å²) >= 11 is 0. The van der Waals surface area contributed by atoms with Crippen LogP contribution in [0.15, 0.2) is 12.1 Å². The van der Waals surface area contributed by atoms with Crippen LogP contribution in [0.1, 0.15) is 43.6 Å². The van der Waals surface area contributed by atoms with Crippen molar-refractivity contribution in [2.75, 3.05) is 7.11 Å². The SMILES string of the molecule is CCC(CC)CC(=O)c1ccc(OC)nn1. The number of ketones is 1. The summed E-state index contributed by atoms with van der Waals surface area (Å²) in [5.41, 5.74) is 0.424. The van der Waals surface area contributed by atoms with E-state index in [1.807, 2.05) is 0 Å². The zero-order chi connectivity index (χ0) is 12.0. The van der Waals surface area contributed by atoms with Gasteiger partial charge in [0.15, 0.2) is 5.78 Å². The van der Waals surface area contributed by atoms with Gasteiger partial charge in [-0.2, -0.15) is 0 Å². The molecule has 1 heterocycles. The van der Waals surface area contributed by atoms with Crippen LogP contribution in [0.25, 0.3) is 0 Å². The van der Waals surface area contributed by atoms with Crippen molar-refractivity contribution in [1.29, 1.82) is 0 Å². The van der Waals surface area contributed by atoms with Crippen molar-refractivity contribution in [3.05, 3.63) is 17.8 Å². The van der Waals surface area contributed by atoms with E-state index in [0.717, 1.165) is 12.8 Å². The Morgan fingerprint density at radius 3 is 2.44 bits per heavy atom. The Morgan fingerprint density at radius 1 is 1.31 bits per heavy atom. The van der Waals surface area contributed by atoms with E-state index in [4.69, 9.17) is 4.74 Å². The number of Topliss-reactive ketones (excluding diaryl/α,β-unsaturated/α-hetero) is 1. The highest BCUT2D eigenvalue weighted by Crippen LogP contribution is 2.15. The third kappa shape index (κ3) is 3.29. The highest BCUT2D eigenvalue weighted by atomic mass is 16.5. The van der Waals surface area contributed by atoms with Crippen molar-refractivity contribution in [1.82, 2.24) is 10.2 Å². The van der Waals surface area contributed by atoms with E-state index in [1.54, 1.807) is 12.1 Å². The van der Waals surface area contributed by atoms with E-state index >= 15 is 0 Å². The lowest BCUT2D eigenvalue weighted by atomic mass is 9.96. The van der Waals surface area contributed by atoms with Crippen molar-refractivity contribution in [3.8, 4) is 5.88 Å². The zero-order valence-electron chi connectivity index (χ0n) is 10.1. The summed E-state index contributed by atoms with van der Waals surface area (Å²) < 4.78 is 4.89. The van der Waals surface area contributed by atoms with Gasteiger partial charge >= 0.3 is 0 Å². The van der Waals surface area contributed by atoms with Crippen LogP contribution in [-0.4, -0.2) is 23.1 Å². The number of aromatic nitrogens is 2. The second kappa shape index (κ2) is 6.20. The summed E-state index contributed by atoms with van der Waals surface area (Å²) in [7, 11) is 1.52. The molecule has 1 rings (SSSR count). The van der Waals surface area contributed by atoms with Gasteiger partial charge in [-0.05, 0) is 12.0 Å². The molecule has 16 heavy (non-hydrogen) atoms. The Hall–Kier alpha value is -1.45. The topological polar surface area (TPSA) is 52.1 Å². The van der Waals surface area contributed by atoms with Crippen LogP contribution in [0.4, 0.5) is 0 Å². The van der Waals surface area contributed by atoms with E-state index < -0.39 is 0 Å². The fourth-order valence-corrected chi connectivity index (χ4v) is 1.52. The Kier molecular flexibility index (Phi) is 4.89. The van der Waals surface area contributed by atoms with Crippen LogP contribution < -0.4 is 4.74 Å².